The van der Waals surface area contributed by atoms with E-state index in [0.29, 0.717) is 11.3 Å². The van der Waals surface area contributed by atoms with Crippen molar-refractivity contribution in [2.45, 2.75) is 0 Å². The van der Waals surface area contributed by atoms with Gasteiger partial charge in [0.25, 0.3) is 11.8 Å². The van der Waals surface area contributed by atoms with E-state index in [1.54, 1.807) is 12.1 Å². The monoisotopic (exact) mass is 533 g/mol. The molecule has 0 spiro atoms. The lowest BCUT2D eigenvalue weighted by Crippen LogP contribution is -2.20. The number of benzene rings is 3. The molecule has 3 rings (SSSR count). The van der Waals surface area contributed by atoms with E-state index in [-0.39, 0.29) is 51.0 Å². The number of rotatable bonds is 9. The summed E-state index contributed by atoms with van der Waals surface area (Å²) in [6.07, 6.45) is 1.36. The summed E-state index contributed by atoms with van der Waals surface area (Å²) in [6.45, 7) is -0.371. The van der Waals surface area contributed by atoms with Crippen LogP contribution in [0.1, 0.15) is 15.9 Å². The van der Waals surface area contributed by atoms with Gasteiger partial charge in [0.15, 0.2) is 18.1 Å². The van der Waals surface area contributed by atoms with E-state index in [2.05, 4.69) is 15.8 Å². The zero-order valence-corrected chi connectivity index (χ0v) is 20.6. The molecule has 0 saturated carbocycles. The third-order valence-corrected chi connectivity index (χ3v) is 5.26. The first kappa shape index (κ1) is 26.5. The van der Waals surface area contributed by atoms with Crippen LogP contribution in [0.4, 0.5) is 5.69 Å². The highest BCUT2D eigenvalue weighted by molar-refractivity contribution is 6.32. The number of nitrogens with one attached hydrogen (secondary N) is 2. The normalized spacial score (nSPS) is 10.7. The molecule has 188 valence electrons. The fourth-order valence-corrected chi connectivity index (χ4v) is 3.28. The molecule has 0 unspecified atom stereocenters. The van der Waals surface area contributed by atoms with Gasteiger partial charge in [0.05, 0.1) is 30.5 Å². The fraction of sp³-hybridized carbons (Fsp3) is 0.125. The van der Waals surface area contributed by atoms with Crippen LogP contribution in [-0.2, 0) is 4.79 Å². The molecule has 2 amide bonds. The third kappa shape index (κ3) is 6.71. The van der Waals surface area contributed by atoms with Gasteiger partial charge in [0.1, 0.15) is 11.5 Å². The second-order valence-corrected chi connectivity index (χ2v) is 7.94. The van der Waals surface area contributed by atoms with Crippen molar-refractivity contribution in [3.63, 3.8) is 0 Å². The number of ether oxygens (including phenoxy) is 3. The highest BCUT2D eigenvalue weighted by Gasteiger charge is 2.16. The van der Waals surface area contributed by atoms with E-state index in [0.717, 1.165) is 0 Å². The maximum Gasteiger partial charge on any atom is 0.271 e. The molecule has 0 heterocycles. The van der Waals surface area contributed by atoms with Gasteiger partial charge in [-0.15, -0.1) is 0 Å². The van der Waals surface area contributed by atoms with Gasteiger partial charge in [-0.3, -0.25) is 9.59 Å². The quantitative estimate of drug-likeness (QED) is 0.183. The van der Waals surface area contributed by atoms with E-state index in [4.69, 9.17) is 37.4 Å². The lowest BCUT2D eigenvalue weighted by Gasteiger charge is -2.15. The Morgan fingerprint density at radius 3 is 2.14 bits per heavy atom. The van der Waals surface area contributed by atoms with E-state index in [1.165, 1.54) is 56.8 Å². The van der Waals surface area contributed by atoms with Crippen molar-refractivity contribution in [3.8, 4) is 28.7 Å². The first-order valence-corrected chi connectivity index (χ1v) is 11.0. The molecule has 10 nitrogen and oxygen atoms in total. The maximum absolute atomic E-state index is 12.3. The zero-order chi connectivity index (χ0) is 26.2. The van der Waals surface area contributed by atoms with Crippen molar-refractivity contribution < 1.29 is 34.0 Å². The van der Waals surface area contributed by atoms with Gasteiger partial charge in [-0.25, -0.2) is 5.43 Å². The molecular weight excluding hydrogens is 513 g/mol. The van der Waals surface area contributed by atoms with Gasteiger partial charge in [-0.2, -0.15) is 5.10 Å². The third-order valence-electron chi connectivity index (χ3n) is 4.65. The van der Waals surface area contributed by atoms with Crippen LogP contribution < -0.4 is 25.0 Å². The minimum atomic E-state index is -0.534. The van der Waals surface area contributed by atoms with Crippen LogP contribution in [0.3, 0.4) is 0 Å². The van der Waals surface area contributed by atoms with Crippen molar-refractivity contribution in [3.05, 3.63) is 69.7 Å². The number of halogens is 2. The van der Waals surface area contributed by atoms with Crippen LogP contribution in [0.2, 0.25) is 10.0 Å². The van der Waals surface area contributed by atoms with E-state index >= 15 is 0 Å². The molecule has 0 bridgehead atoms. The summed E-state index contributed by atoms with van der Waals surface area (Å²) in [4.78, 5) is 24.5. The molecule has 0 saturated heterocycles. The molecule has 0 aromatic heterocycles. The number of nitrogens with zero attached hydrogens (tertiary/aromatic N) is 1. The first-order chi connectivity index (χ1) is 17.2. The Morgan fingerprint density at radius 2 is 1.56 bits per heavy atom. The number of carbonyl (C=O) groups excluding carboxylic acids is 2. The molecule has 0 atom stereocenters. The standard InChI is InChI=1S/C24H21Cl2N3O7/c1-34-20-7-13(11-27-29-24(33)14-3-5-18(30)16(25)9-14)8-21(35-2)23(20)36-12-22(32)28-15-4-6-19(31)17(26)10-15/h3-11,30-31H,12H2,1-2H3,(H,28,32)(H,29,33)/b27-11+. The van der Waals surface area contributed by atoms with Crippen molar-refractivity contribution in [2.75, 3.05) is 26.1 Å². The zero-order valence-electron chi connectivity index (χ0n) is 19.0. The largest absolute Gasteiger partial charge is 0.506 e. The molecule has 0 aliphatic carbocycles. The maximum atomic E-state index is 12.3. The molecule has 3 aromatic carbocycles. The lowest BCUT2D eigenvalue weighted by molar-refractivity contribution is -0.118. The summed E-state index contributed by atoms with van der Waals surface area (Å²) in [6, 6.07) is 11.4. The molecule has 0 aliphatic heterocycles. The van der Waals surface area contributed by atoms with Gasteiger partial charge >= 0.3 is 0 Å². The molecule has 0 fully saturated rings. The molecular formula is C24H21Cl2N3O7. The van der Waals surface area contributed by atoms with Crippen molar-refractivity contribution in [2.24, 2.45) is 5.10 Å². The smallest absolute Gasteiger partial charge is 0.271 e. The predicted molar refractivity (Wildman–Crippen MR) is 135 cm³/mol. The van der Waals surface area contributed by atoms with E-state index < -0.39 is 11.8 Å². The molecule has 0 radical (unpaired) electrons. The number of hydrogen-bond donors (Lipinski definition) is 4. The number of phenolic OH excluding ortho intramolecular Hbond substituents is 2. The Morgan fingerprint density at radius 1 is 0.944 bits per heavy atom. The fourth-order valence-electron chi connectivity index (χ4n) is 2.91. The second-order valence-electron chi connectivity index (χ2n) is 7.12. The number of phenols is 2. The van der Waals surface area contributed by atoms with Crippen LogP contribution in [0.5, 0.6) is 28.7 Å². The van der Waals surface area contributed by atoms with Gasteiger partial charge in [0.2, 0.25) is 5.75 Å². The SMILES string of the molecule is COc1cc(/C=N/NC(=O)c2ccc(O)c(Cl)c2)cc(OC)c1OCC(=O)Nc1ccc(O)c(Cl)c1. The summed E-state index contributed by atoms with van der Waals surface area (Å²) in [5.74, 6) is -0.565. The van der Waals surface area contributed by atoms with Crippen molar-refractivity contribution >= 4 is 46.9 Å². The van der Waals surface area contributed by atoms with Crippen molar-refractivity contribution in [1.29, 1.82) is 0 Å². The average molecular weight is 534 g/mol. The van der Waals surface area contributed by atoms with Crippen LogP contribution in [-0.4, -0.2) is 49.1 Å². The minimum absolute atomic E-state index is 0.0391. The van der Waals surface area contributed by atoms with Crippen LogP contribution in [0, 0.1) is 0 Å². The molecule has 36 heavy (non-hydrogen) atoms. The first-order valence-electron chi connectivity index (χ1n) is 10.2. The average Bonchev–Trinajstić information content (AvgIpc) is 2.86. The number of carbonyl (C=O) groups is 2. The van der Waals surface area contributed by atoms with Crippen molar-refractivity contribution in [1.82, 2.24) is 5.43 Å². The van der Waals surface area contributed by atoms with Gasteiger partial charge in [-0.05, 0) is 48.5 Å². The highest BCUT2D eigenvalue weighted by atomic mass is 35.5. The Balaban J connectivity index is 1.68. The number of aromatic hydroxyl groups is 2. The summed E-state index contributed by atoms with van der Waals surface area (Å²) < 4.78 is 16.3. The molecule has 3 aromatic rings. The van der Waals surface area contributed by atoms with Crippen LogP contribution in [0.15, 0.2) is 53.6 Å². The Labute approximate surface area is 216 Å². The Bertz CT molecular complexity index is 1290. The summed E-state index contributed by atoms with van der Waals surface area (Å²) in [5.41, 5.74) is 3.45. The lowest BCUT2D eigenvalue weighted by atomic mass is 10.2. The Kier molecular flexibility index (Phi) is 8.82. The summed E-state index contributed by atoms with van der Waals surface area (Å²) in [5, 5.41) is 25.6. The summed E-state index contributed by atoms with van der Waals surface area (Å²) >= 11 is 11.7. The van der Waals surface area contributed by atoms with E-state index in [9.17, 15) is 19.8 Å². The number of hydrogen-bond acceptors (Lipinski definition) is 8. The van der Waals surface area contributed by atoms with Gasteiger partial charge in [0, 0.05) is 16.8 Å². The molecule has 4 N–H and O–H groups in total. The number of hydrazone groups is 1. The topological polar surface area (TPSA) is 139 Å². The number of methoxy groups -OCH3 is 2. The molecule has 0 aliphatic rings. The minimum Gasteiger partial charge on any atom is -0.506 e. The predicted octanol–water partition coefficient (Wildman–Crippen LogP) is 4.20. The Hall–Kier alpha value is -4.15. The van der Waals surface area contributed by atoms with Crippen LogP contribution in [0.25, 0.3) is 0 Å². The number of amides is 2. The van der Waals surface area contributed by atoms with Gasteiger partial charge in [-0.1, -0.05) is 23.2 Å². The second kappa shape index (κ2) is 12.0. The summed E-state index contributed by atoms with van der Waals surface area (Å²) in [7, 11) is 2.83. The van der Waals surface area contributed by atoms with E-state index in [1.807, 2.05) is 0 Å². The highest BCUT2D eigenvalue weighted by Crippen LogP contribution is 2.38. The molecule has 12 heteroatoms. The number of anilines is 1. The van der Waals surface area contributed by atoms with Crippen LogP contribution >= 0.6 is 23.2 Å². The van der Waals surface area contributed by atoms with Gasteiger partial charge < -0.3 is 29.7 Å².